The molecule has 8 nitrogen and oxygen atoms in total. The van der Waals surface area contributed by atoms with Crippen molar-refractivity contribution in [2.24, 2.45) is 0 Å². The first-order valence-electron chi connectivity index (χ1n) is 8.53. The monoisotopic (exact) mass is 423 g/mol. The van der Waals surface area contributed by atoms with E-state index in [4.69, 9.17) is 23.1 Å². The van der Waals surface area contributed by atoms with Crippen molar-refractivity contribution in [3.05, 3.63) is 41.5 Å². The fourth-order valence-corrected chi connectivity index (χ4v) is 2.95. The first kappa shape index (κ1) is 22.4. The molecule has 0 saturated heterocycles. The minimum absolute atomic E-state index is 0.0910. The van der Waals surface area contributed by atoms with Gasteiger partial charge in [0.1, 0.15) is 0 Å². The van der Waals surface area contributed by atoms with E-state index in [-0.39, 0.29) is 5.75 Å². The highest BCUT2D eigenvalue weighted by molar-refractivity contribution is 7.84. The first-order valence-corrected chi connectivity index (χ1v) is 9.90. The quantitative estimate of drug-likeness (QED) is 0.573. The molecule has 0 amide bonds. The normalized spacial score (nSPS) is 11.6. The van der Waals surface area contributed by atoms with Crippen molar-refractivity contribution < 1.29 is 31.5 Å². The Labute approximate surface area is 171 Å². The first-order chi connectivity index (χ1) is 13.7. The fourth-order valence-electron chi connectivity index (χ4n) is 2.44. The van der Waals surface area contributed by atoms with Crippen molar-refractivity contribution in [2.75, 3.05) is 42.5 Å². The van der Waals surface area contributed by atoms with Crippen molar-refractivity contribution in [2.45, 2.75) is 0 Å². The summed E-state index contributed by atoms with van der Waals surface area (Å²) in [6.45, 7) is 0. The Morgan fingerprint density at radius 2 is 1.24 bits per heavy atom. The molecule has 158 valence electrons. The number of rotatable bonds is 9. The summed E-state index contributed by atoms with van der Waals surface area (Å²) in [7, 11) is 4.93. The van der Waals surface area contributed by atoms with E-state index in [1.54, 1.807) is 50.6 Å². The number of ether oxygens (including phenoxy) is 4. The number of methoxy groups -OCH3 is 4. The van der Waals surface area contributed by atoms with Gasteiger partial charge in [-0.3, -0.25) is 0 Å². The molecule has 2 aromatic rings. The van der Waals surface area contributed by atoms with Crippen LogP contribution in [0.25, 0.3) is 12.2 Å². The van der Waals surface area contributed by atoms with Crippen LogP contribution in [0.3, 0.4) is 0 Å². The molecule has 0 heterocycles. The molecule has 0 atom stereocenters. The lowest BCUT2D eigenvalue weighted by molar-refractivity contribution is 0.324. The van der Waals surface area contributed by atoms with E-state index in [1.165, 1.54) is 28.3 Å². The molecule has 0 aliphatic heterocycles. The van der Waals surface area contributed by atoms with Gasteiger partial charge in [-0.15, -0.1) is 0 Å². The predicted molar refractivity (Wildman–Crippen MR) is 111 cm³/mol. The number of hydrogen-bond donors (Lipinski definition) is 0. The molecular weight excluding hydrogens is 398 g/mol. The van der Waals surface area contributed by atoms with Crippen molar-refractivity contribution in [1.82, 2.24) is 4.31 Å². The van der Waals surface area contributed by atoms with Crippen molar-refractivity contribution in [3.8, 4) is 28.7 Å². The van der Waals surface area contributed by atoms with Gasteiger partial charge in [-0.1, -0.05) is 18.2 Å². The van der Waals surface area contributed by atoms with Gasteiger partial charge in [-0.25, -0.2) is 0 Å². The largest absolute Gasteiger partial charge is 0.493 e. The molecule has 0 bridgehead atoms. The van der Waals surface area contributed by atoms with Gasteiger partial charge in [-0.2, -0.15) is 12.7 Å². The SMILES string of the molecule is COc1ccc(/C=C\c2cc(OC)c(OC)c(OC)c2)cc1OS(=O)(=O)N(C)C. The highest BCUT2D eigenvalue weighted by atomic mass is 32.2. The molecule has 0 spiro atoms. The predicted octanol–water partition coefficient (Wildman–Crippen LogP) is 3.08. The van der Waals surface area contributed by atoms with E-state index in [2.05, 4.69) is 0 Å². The molecule has 0 aromatic heterocycles. The maximum atomic E-state index is 12.1. The van der Waals surface area contributed by atoms with E-state index >= 15 is 0 Å². The van der Waals surface area contributed by atoms with Gasteiger partial charge < -0.3 is 23.1 Å². The molecule has 9 heteroatoms. The summed E-state index contributed by atoms with van der Waals surface area (Å²) in [6, 6.07) is 8.59. The van der Waals surface area contributed by atoms with E-state index in [9.17, 15) is 8.42 Å². The van der Waals surface area contributed by atoms with Gasteiger partial charge in [0.05, 0.1) is 28.4 Å². The zero-order chi connectivity index (χ0) is 21.6. The van der Waals surface area contributed by atoms with Gasteiger partial charge >= 0.3 is 10.3 Å². The fraction of sp³-hybridized carbons (Fsp3) is 0.300. The Balaban J connectivity index is 2.39. The van der Waals surface area contributed by atoms with Crippen LogP contribution in [0.5, 0.6) is 28.7 Å². The van der Waals surface area contributed by atoms with E-state index in [1.807, 2.05) is 6.08 Å². The Morgan fingerprint density at radius 3 is 1.72 bits per heavy atom. The molecule has 0 saturated carbocycles. The van der Waals surface area contributed by atoms with Gasteiger partial charge in [0, 0.05) is 14.1 Å². The summed E-state index contributed by atoms with van der Waals surface area (Å²) in [6.07, 6.45) is 3.63. The summed E-state index contributed by atoms with van der Waals surface area (Å²) >= 11 is 0. The zero-order valence-corrected chi connectivity index (χ0v) is 18.1. The Bertz CT molecular complexity index is 959. The summed E-state index contributed by atoms with van der Waals surface area (Å²) in [5, 5.41) is 0. The average Bonchev–Trinajstić information content (AvgIpc) is 2.71. The van der Waals surface area contributed by atoms with Crippen LogP contribution in [0.2, 0.25) is 0 Å². The topological polar surface area (TPSA) is 83.5 Å². The highest BCUT2D eigenvalue weighted by Gasteiger charge is 2.19. The smallest absolute Gasteiger partial charge is 0.384 e. The summed E-state index contributed by atoms with van der Waals surface area (Å²) in [5.41, 5.74) is 1.52. The average molecular weight is 423 g/mol. The highest BCUT2D eigenvalue weighted by Crippen LogP contribution is 2.38. The van der Waals surface area contributed by atoms with Crippen molar-refractivity contribution in [3.63, 3.8) is 0 Å². The standard InChI is InChI=1S/C20H25NO7S/c1-21(2)29(22,23)28-17-11-14(9-10-16(17)24-3)7-8-15-12-18(25-4)20(27-6)19(13-15)26-5/h7-13H,1-6H3/b8-7-. The van der Waals surface area contributed by atoms with E-state index in [0.717, 1.165) is 9.87 Å². The van der Waals surface area contributed by atoms with E-state index in [0.29, 0.717) is 28.6 Å². The van der Waals surface area contributed by atoms with Crippen LogP contribution in [-0.4, -0.2) is 55.3 Å². The molecule has 0 fully saturated rings. The zero-order valence-electron chi connectivity index (χ0n) is 17.3. The van der Waals surface area contributed by atoms with Gasteiger partial charge in [0.25, 0.3) is 0 Å². The van der Waals surface area contributed by atoms with Gasteiger partial charge in [-0.05, 0) is 35.4 Å². The second-order valence-electron chi connectivity index (χ2n) is 6.03. The van der Waals surface area contributed by atoms with E-state index < -0.39 is 10.3 Å². The minimum Gasteiger partial charge on any atom is -0.493 e. The summed E-state index contributed by atoms with van der Waals surface area (Å²) < 4.78 is 51.5. The molecule has 0 aliphatic rings. The lowest BCUT2D eigenvalue weighted by Crippen LogP contribution is -2.27. The van der Waals surface area contributed by atoms with Crippen LogP contribution in [0.4, 0.5) is 0 Å². The molecular formula is C20H25NO7S. The second kappa shape index (κ2) is 9.53. The second-order valence-corrected chi connectivity index (χ2v) is 7.78. The van der Waals surface area contributed by atoms with Crippen LogP contribution in [0.1, 0.15) is 11.1 Å². The van der Waals surface area contributed by atoms with Crippen molar-refractivity contribution in [1.29, 1.82) is 0 Å². The van der Waals surface area contributed by atoms with Crippen LogP contribution in [0.15, 0.2) is 30.3 Å². The summed E-state index contributed by atoms with van der Waals surface area (Å²) in [5.74, 6) is 1.96. The number of nitrogens with zero attached hydrogens (tertiary/aromatic N) is 1. The van der Waals surface area contributed by atoms with Crippen LogP contribution >= 0.6 is 0 Å². The third-order valence-corrected chi connectivity index (χ3v) is 5.27. The Hall–Kier alpha value is -2.91. The van der Waals surface area contributed by atoms with Gasteiger partial charge in [0.2, 0.25) is 5.75 Å². The third-order valence-electron chi connectivity index (χ3n) is 3.99. The van der Waals surface area contributed by atoms with Crippen LogP contribution in [-0.2, 0) is 10.3 Å². The van der Waals surface area contributed by atoms with Gasteiger partial charge in [0.15, 0.2) is 23.0 Å². The number of benzene rings is 2. The lowest BCUT2D eigenvalue weighted by atomic mass is 10.1. The molecule has 0 aliphatic carbocycles. The minimum atomic E-state index is -3.91. The molecule has 0 radical (unpaired) electrons. The maximum absolute atomic E-state index is 12.1. The maximum Gasteiger partial charge on any atom is 0.384 e. The van der Waals surface area contributed by atoms with Crippen LogP contribution in [0, 0.1) is 0 Å². The Morgan fingerprint density at radius 1 is 0.724 bits per heavy atom. The molecule has 0 N–H and O–H groups in total. The third kappa shape index (κ3) is 5.33. The van der Waals surface area contributed by atoms with Crippen LogP contribution < -0.4 is 23.1 Å². The lowest BCUT2D eigenvalue weighted by Gasteiger charge is -2.14. The molecule has 29 heavy (non-hydrogen) atoms. The summed E-state index contributed by atoms with van der Waals surface area (Å²) in [4.78, 5) is 0. The molecule has 2 aromatic carbocycles. The Kier molecular flexibility index (Phi) is 7.35. The molecule has 2 rings (SSSR count). The molecule has 0 unspecified atom stereocenters. The number of hydrogen-bond acceptors (Lipinski definition) is 7. The van der Waals surface area contributed by atoms with Crippen molar-refractivity contribution >= 4 is 22.5 Å².